The van der Waals surface area contributed by atoms with Gasteiger partial charge in [0.25, 0.3) is 0 Å². The molecule has 0 aliphatic carbocycles. The number of benzene rings is 1. The topological polar surface area (TPSA) is 44.1 Å². The normalized spacial score (nSPS) is 9.30. The second kappa shape index (κ2) is 3.13. The maximum Gasteiger partial charge on any atom is 0.0852 e. The summed E-state index contributed by atoms with van der Waals surface area (Å²) < 4.78 is 0. The summed E-state index contributed by atoms with van der Waals surface area (Å²) in [4.78, 5) is 0. The molecule has 1 radical (unpaired) electrons. The van der Waals surface area contributed by atoms with Crippen LogP contribution in [0.4, 0.5) is 0 Å². The van der Waals surface area contributed by atoms with Crippen LogP contribution < -0.4 is 0 Å². The van der Waals surface area contributed by atoms with Crippen molar-refractivity contribution >= 4 is 5.71 Å². The van der Waals surface area contributed by atoms with E-state index in [2.05, 4.69) is 6.07 Å². The van der Waals surface area contributed by atoms with E-state index in [1.54, 1.807) is 12.1 Å². The highest BCUT2D eigenvalue weighted by atomic mass is 16.3. The Hall–Kier alpha value is -1.15. The minimum Gasteiger partial charge on any atom is -0.390 e. The molecule has 0 spiro atoms. The van der Waals surface area contributed by atoms with Crippen LogP contribution in [0.5, 0.6) is 0 Å². The van der Waals surface area contributed by atoms with E-state index in [0.29, 0.717) is 5.56 Å². The lowest BCUT2D eigenvalue weighted by Crippen LogP contribution is -2.03. The molecule has 1 aromatic carbocycles. The number of aliphatic hydroxyl groups is 1. The molecule has 0 atom stereocenters. The third-order valence-electron chi connectivity index (χ3n) is 1.19. The molecule has 0 aliphatic heterocycles. The summed E-state index contributed by atoms with van der Waals surface area (Å²) in [6, 6.07) is 9.95. The minimum absolute atomic E-state index is 0.209. The molecule has 0 amide bonds. The summed E-state index contributed by atoms with van der Waals surface area (Å²) >= 11 is 0. The van der Waals surface area contributed by atoms with Crippen molar-refractivity contribution in [1.29, 1.82) is 5.41 Å². The van der Waals surface area contributed by atoms with Crippen LogP contribution in [0.15, 0.2) is 24.3 Å². The summed E-state index contributed by atoms with van der Waals surface area (Å²) in [5, 5.41) is 15.7. The molecule has 1 aromatic rings. The Labute approximate surface area is 59.6 Å². The zero-order chi connectivity index (χ0) is 7.40. The first-order chi connectivity index (χ1) is 4.84. The number of rotatable bonds is 2. The maximum absolute atomic E-state index is 8.54. The van der Waals surface area contributed by atoms with E-state index in [0.717, 1.165) is 0 Å². The van der Waals surface area contributed by atoms with Crippen molar-refractivity contribution in [2.24, 2.45) is 0 Å². The number of hydrogen-bond acceptors (Lipinski definition) is 2. The fourth-order valence-corrected chi connectivity index (χ4v) is 0.666. The molecule has 0 aliphatic rings. The van der Waals surface area contributed by atoms with E-state index in [1.807, 2.05) is 12.1 Å². The Balaban J connectivity index is 2.85. The Kier molecular flexibility index (Phi) is 2.18. The predicted octanol–water partition coefficient (Wildman–Crippen LogP) is 0.847. The van der Waals surface area contributed by atoms with Gasteiger partial charge in [-0.05, 0) is 6.07 Å². The molecular weight excluding hydrogens is 126 g/mol. The summed E-state index contributed by atoms with van der Waals surface area (Å²) in [7, 11) is 0. The highest BCUT2D eigenvalue weighted by Gasteiger charge is 1.95. The van der Waals surface area contributed by atoms with Crippen LogP contribution in [0.1, 0.15) is 5.56 Å². The van der Waals surface area contributed by atoms with Gasteiger partial charge in [0.2, 0.25) is 0 Å². The van der Waals surface area contributed by atoms with Crippen molar-refractivity contribution in [3.05, 3.63) is 35.9 Å². The van der Waals surface area contributed by atoms with Crippen molar-refractivity contribution in [2.75, 3.05) is 6.61 Å². The van der Waals surface area contributed by atoms with Gasteiger partial charge in [0.15, 0.2) is 0 Å². The van der Waals surface area contributed by atoms with Gasteiger partial charge in [-0.25, -0.2) is 0 Å². The van der Waals surface area contributed by atoms with Crippen molar-refractivity contribution < 1.29 is 5.11 Å². The largest absolute Gasteiger partial charge is 0.390 e. The average molecular weight is 134 g/mol. The average Bonchev–Trinajstić information content (AvgIpc) is 2.05. The molecule has 0 saturated carbocycles. The summed E-state index contributed by atoms with van der Waals surface area (Å²) in [5.41, 5.74) is 0.866. The first-order valence-electron chi connectivity index (χ1n) is 3.00. The van der Waals surface area contributed by atoms with Crippen molar-refractivity contribution in [3.63, 3.8) is 0 Å². The molecule has 0 fully saturated rings. The van der Waals surface area contributed by atoms with E-state index in [4.69, 9.17) is 10.5 Å². The molecule has 0 bridgehead atoms. The van der Waals surface area contributed by atoms with Gasteiger partial charge in [0, 0.05) is 5.56 Å². The second-order valence-electron chi connectivity index (χ2n) is 1.91. The monoisotopic (exact) mass is 134 g/mol. The van der Waals surface area contributed by atoms with Gasteiger partial charge in [0.05, 0.1) is 12.3 Å². The zero-order valence-electron chi connectivity index (χ0n) is 5.46. The standard InChI is InChI=1S/C8H8NO/c9-8(6-10)7-4-2-1-3-5-7/h1-4,9-10H,6H2. The van der Waals surface area contributed by atoms with Crippen LogP contribution in [0.25, 0.3) is 0 Å². The van der Waals surface area contributed by atoms with Gasteiger partial charge >= 0.3 is 0 Å². The Morgan fingerprint density at radius 3 is 2.90 bits per heavy atom. The van der Waals surface area contributed by atoms with Gasteiger partial charge in [-0.1, -0.05) is 24.3 Å². The lowest BCUT2D eigenvalue weighted by atomic mass is 10.1. The second-order valence-corrected chi connectivity index (χ2v) is 1.91. The summed E-state index contributed by atoms with van der Waals surface area (Å²) in [6.45, 7) is -0.222. The Morgan fingerprint density at radius 1 is 1.60 bits per heavy atom. The van der Waals surface area contributed by atoms with Crippen LogP contribution in [0.2, 0.25) is 0 Å². The van der Waals surface area contributed by atoms with E-state index in [9.17, 15) is 0 Å². The molecule has 2 nitrogen and oxygen atoms in total. The molecule has 0 aromatic heterocycles. The van der Waals surface area contributed by atoms with Crippen LogP contribution in [-0.2, 0) is 0 Å². The SMILES string of the molecule is N=C(CO)c1[c]cccc1. The first kappa shape index (κ1) is 6.96. The van der Waals surface area contributed by atoms with Gasteiger partial charge in [-0.3, -0.25) is 0 Å². The molecule has 51 valence electrons. The number of hydrogen-bond donors (Lipinski definition) is 2. The van der Waals surface area contributed by atoms with E-state index in [1.165, 1.54) is 0 Å². The Bertz CT molecular complexity index is 218. The zero-order valence-corrected chi connectivity index (χ0v) is 5.46. The third-order valence-corrected chi connectivity index (χ3v) is 1.19. The molecule has 0 unspecified atom stereocenters. The lowest BCUT2D eigenvalue weighted by molar-refractivity contribution is 0.357. The highest BCUT2D eigenvalue weighted by Crippen LogP contribution is 1.96. The van der Waals surface area contributed by atoms with Crippen LogP contribution in [0, 0.1) is 11.5 Å². The third kappa shape index (κ3) is 1.42. The molecule has 0 heterocycles. The molecule has 10 heavy (non-hydrogen) atoms. The van der Waals surface area contributed by atoms with Crippen LogP contribution >= 0.6 is 0 Å². The van der Waals surface area contributed by atoms with Crippen molar-refractivity contribution in [3.8, 4) is 0 Å². The molecule has 1 rings (SSSR count). The van der Waals surface area contributed by atoms with Crippen molar-refractivity contribution in [1.82, 2.24) is 0 Å². The van der Waals surface area contributed by atoms with E-state index < -0.39 is 0 Å². The number of nitrogens with one attached hydrogen (secondary N) is 1. The van der Waals surface area contributed by atoms with Crippen LogP contribution in [0.3, 0.4) is 0 Å². The maximum atomic E-state index is 8.54. The fourth-order valence-electron chi connectivity index (χ4n) is 0.666. The minimum atomic E-state index is -0.222. The van der Waals surface area contributed by atoms with E-state index in [-0.39, 0.29) is 12.3 Å². The first-order valence-corrected chi connectivity index (χ1v) is 3.00. The predicted molar refractivity (Wildman–Crippen MR) is 39.2 cm³/mol. The molecule has 2 N–H and O–H groups in total. The highest BCUT2D eigenvalue weighted by molar-refractivity contribution is 5.98. The van der Waals surface area contributed by atoms with Gasteiger partial charge in [-0.2, -0.15) is 0 Å². The molecule has 2 heteroatoms. The van der Waals surface area contributed by atoms with Crippen molar-refractivity contribution in [2.45, 2.75) is 0 Å². The van der Waals surface area contributed by atoms with Gasteiger partial charge in [-0.15, -0.1) is 0 Å². The fraction of sp³-hybridized carbons (Fsp3) is 0.125. The van der Waals surface area contributed by atoms with Gasteiger partial charge < -0.3 is 10.5 Å². The smallest absolute Gasteiger partial charge is 0.0852 e. The molecule has 0 saturated heterocycles. The molecular formula is C8H8NO. The quantitative estimate of drug-likeness (QED) is 0.578. The summed E-state index contributed by atoms with van der Waals surface area (Å²) in [6.07, 6.45) is 0. The van der Waals surface area contributed by atoms with Crippen LogP contribution in [-0.4, -0.2) is 17.4 Å². The summed E-state index contributed by atoms with van der Waals surface area (Å²) in [5.74, 6) is 0. The van der Waals surface area contributed by atoms with Gasteiger partial charge in [0.1, 0.15) is 0 Å². The van der Waals surface area contributed by atoms with E-state index >= 15 is 0 Å². The Morgan fingerprint density at radius 2 is 2.40 bits per heavy atom. The number of aliphatic hydroxyl groups excluding tert-OH is 1. The lowest BCUT2D eigenvalue weighted by Gasteiger charge is -1.96.